The number of hydrogen-bond acceptors (Lipinski definition) is 2. The van der Waals surface area contributed by atoms with Gasteiger partial charge in [-0.2, -0.15) is 0 Å². The third-order valence-electron chi connectivity index (χ3n) is 3.60. The van der Waals surface area contributed by atoms with Crippen LogP contribution in [0.5, 0.6) is 0 Å². The average molecular weight is 319 g/mol. The smallest absolute Gasteiger partial charge is 0.211 e. The van der Waals surface area contributed by atoms with Gasteiger partial charge >= 0.3 is 0 Å². The summed E-state index contributed by atoms with van der Waals surface area (Å²) < 4.78 is 2.81. The van der Waals surface area contributed by atoms with Crippen LogP contribution in [-0.2, 0) is 4.79 Å². The lowest BCUT2D eigenvalue weighted by atomic mass is 10.1. The number of anilines is 1. The summed E-state index contributed by atoms with van der Waals surface area (Å²) in [6, 6.07) is 24.4. The molecule has 4 aromatic rings. The Hall–Kier alpha value is -2.65. The molecular formula is C20H17NOS. The van der Waals surface area contributed by atoms with Gasteiger partial charge in [0.1, 0.15) is 0 Å². The first-order valence-electron chi connectivity index (χ1n) is 7.41. The maximum atomic E-state index is 9.86. The quantitative estimate of drug-likeness (QED) is 0.477. The normalized spacial score (nSPS) is 10.1. The highest BCUT2D eigenvalue weighted by Gasteiger charge is 2.04. The highest BCUT2D eigenvalue weighted by atomic mass is 32.1. The second-order valence-corrected chi connectivity index (χ2v) is 6.23. The van der Waals surface area contributed by atoms with Crippen LogP contribution in [0.15, 0.2) is 72.8 Å². The molecule has 0 fully saturated rings. The molecule has 0 saturated carbocycles. The number of para-hydroxylation sites is 1. The Morgan fingerprint density at radius 1 is 0.826 bits per heavy atom. The summed E-state index contributed by atoms with van der Waals surface area (Å²) in [5, 5.41) is 5.31. The monoisotopic (exact) mass is 319 g/mol. The molecule has 0 spiro atoms. The largest absolute Gasteiger partial charge is 0.329 e. The number of nitrogens with one attached hydrogen (secondary N) is 1. The fraction of sp³-hybridized carbons (Fsp3) is 0.0500. The molecule has 0 radical (unpaired) electrons. The third-order valence-corrected chi connectivity index (χ3v) is 4.92. The minimum Gasteiger partial charge on any atom is -0.329 e. The van der Waals surface area contributed by atoms with Crippen molar-refractivity contribution in [2.24, 2.45) is 0 Å². The third kappa shape index (κ3) is 3.41. The molecular weight excluding hydrogens is 302 g/mol. The van der Waals surface area contributed by atoms with E-state index in [0.29, 0.717) is 6.41 Å². The molecule has 0 aliphatic heterocycles. The van der Waals surface area contributed by atoms with Crippen molar-refractivity contribution in [2.45, 2.75) is 6.92 Å². The molecule has 114 valence electrons. The number of hydrogen-bond donors (Lipinski definition) is 1. The van der Waals surface area contributed by atoms with Gasteiger partial charge in [0.2, 0.25) is 6.41 Å². The standard InChI is InChI=1S/C13H10S.C7H7NO/c1-9-5-4-7-11-10-6-2-3-8-12(10)14-13(9)11;9-6-8-7-4-2-1-3-5-7/h2-8H,1H3;1-6H,(H,8,9). The van der Waals surface area contributed by atoms with Gasteiger partial charge in [-0.15, -0.1) is 11.3 Å². The molecule has 4 rings (SSSR count). The number of fused-ring (bicyclic) bond motifs is 3. The molecule has 3 heteroatoms. The van der Waals surface area contributed by atoms with Crippen molar-refractivity contribution >= 4 is 43.6 Å². The van der Waals surface area contributed by atoms with E-state index in [1.165, 1.54) is 25.7 Å². The number of rotatable bonds is 2. The second kappa shape index (κ2) is 7.07. The lowest BCUT2D eigenvalue weighted by molar-refractivity contribution is -0.105. The number of aryl methyl sites for hydroxylation is 1. The van der Waals surface area contributed by atoms with Crippen LogP contribution in [-0.4, -0.2) is 6.41 Å². The first-order chi connectivity index (χ1) is 11.3. The van der Waals surface area contributed by atoms with Crippen molar-refractivity contribution in [3.8, 4) is 0 Å². The Morgan fingerprint density at radius 3 is 2.30 bits per heavy atom. The molecule has 0 bridgehead atoms. The molecule has 3 aromatic carbocycles. The van der Waals surface area contributed by atoms with Crippen molar-refractivity contribution in [1.29, 1.82) is 0 Å². The summed E-state index contributed by atoms with van der Waals surface area (Å²) in [4.78, 5) is 9.86. The zero-order valence-electron chi connectivity index (χ0n) is 12.8. The van der Waals surface area contributed by atoms with E-state index in [1.54, 1.807) is 0 Å². The second-order valence-electron chi connectivity index (χ2n) is 5.18. The minimum absolute atomic E-state index is 0.662. The van der Waals surface area contributed by atoms with Crippen LogP contribution in [0.4, 0.5) is 5.69 Å². The molecule has 0 unspecified atom stereocenters. The topological polar surface area (TPSA) is 29.1 Å². The molecule has 0 aliphatic rings. The van der Waals surface area contributed by atoms with Crippen LogP contribution in [0.3, 0.4) is 0 Å². The van der Waals surface area contributed by atoms with Crippen LogP contribution in [0, 0.1) is 6.92 Å². The molecule has 1 heterocycles. The summed E-state index contributed by atoms with van der Waals surface area (Å²) in [6.45, 7) is 2.18. The Balaban J connectivity index is 0.000000151. The van der Waals surface area contributed by atoms with Crippen LogP contribution < -0.4 is 5.32 Å². The van der Waals surface area contributed by atoms with Gasteiger partial charge in [-0.25, -0.2) is 0 Å². The first kappa shape index (κ1) is 15.3. The molecule has 1 N–H and O–H groups in total. The zero-order valence-corrected chi connectivity index (χ0v) is 13.6. The van der Waals surface area contributed by atoms with Crippen molar-refractivity contribution in [3.05, 3.63) is 78.4 Å². The van der Waals surface area contributed by atoms with E-state index in [0.717, 1.165) is 5.69 Å². The Kier molecular flexibility index (Phi) is 4.69. The molecule has 1 amide bonds. The first-order valence-corrected chi connectivity index (χ1v) is 8.23. The van der Waals surface area contributed by atoms with E-state index in [2.05, 4.69) is 54.7 Å². The lowest BCUT2D eigenvalue weighted by Crippen LogP contribution is -1.91. The summed E-state index contributed by atoms with van der Waals surface area (Å²) in [7, 11) is 0. The number of carbonyl (C=O) groups excluding carboxylic acids is 1. The fourth-order valence-corrected chi connectivity index (χ4v) is 3.66. The van der Waals surface area contributed by atoms with E-state index >= 15 is 0 Å². The van der Waals surface area contributed by atoms with Gasteiger partial charge in [0.05, 0.1) is 0 Å². The Labute approximate surface area is 139 Å². The Morgan fingerprint density at radius 2 is 1.52 bits per heavy atom. The fourth-order valence-electron chi connectivity index (χ4n) is 2.49. The van der Waals surface area contributed by atoms with E-state index < -0.39 is 0 Å². The maximum absolute atomic E-state index is 9.86. The average Bonchev–Trinajstić information content (AvgIpc) is 2.97. The molecule has 1 aromatic heterocycles. The predicted molar refractivity (Wildman–Crippen MR) is 100 cm³/mol. The summed E-state index contributed by atoms with van der Waals surface area (Å²) in [5.41, 5.74) is 2.20. The van der Waals surface area contributed by atoms with E-state index in [4.69, 9.17) is 0 Å². The van der Waals surface area contributed by atoms with Gasteiger partial charge in [0, 0.05) is 25.9 Å². The maximum Gasteiger partial charge on any atom is 0.211 e. The number of benzene rings is 3. The predicted octanol–water partition coefficient (Wildman–Crippen LogP) is 5.62. The number of amides is 1. The van der Waals surface area contributed by atoms with Gasteiger partial charge in [-0.1, -0.05) is 54.6 Å². The van der Waals surface area contributed by atoms with Crippen molar-refractivity contribution in [3.63, 3.8) is 0 Å². The van der Waals surface area contributed by atoms with Crippen molar-refractivity contribution in [2.75, 3.05) is 5.32 Å². The SMILES string of the molecule is Cc1cccc2c1sc1ccccc12.O=CNc1ccccc1. The van der Waals surface area contributed by atoms with Crippen LogP contribution in [0.25, 0.3) is 20.2 Å². The van der Waals surface area contributed by atoms with Gasteiger partial charge in [0.25, 0.3) is 0 Å². The Bertz CT molecular complexity index is 928. The summed E-state index contributed by atoms with van der Waals surface area (Å²) in [6.07, 6.45) is 0.662. The molecule has 23 heavy (non-hydrogen) atoms. The van der Waals surface area contributed by atoms with E-state index in [9.17, 15) is 4.79 Å². The van der Waals surface area contributed by atoms with Crippen LogP contribution >= 0.6 is 11.3 Å². The van der Waals surface area contributed by atoms with Crippen LogP contribution in [0.2, 0.25) is 0 Å². The van der Waals surface area contributed by atoms with Crippen molar-refractivity contribution in [1.82, 2.24) is 0 Å². The number of carbonyl (C=O) groups is 1. The minimum atomic E-state index is 0.662. The van der Waals surface area contributed by atoms with Gasteiger partial charge in [-0.3, -0.25) is 4.79 Å². The molecule has 0 atom stereocenters. The van der Waals surface area contributed by atoms with Gasteiger partial charge in [-0.05, 0) is 30.7 Å². The molecule has 0 saturated heterocycles. The lowest BCUT2D eigenvalue weighted by Gasteiger charge is -1.93. The van der Waals surface area contributed by atoms with Crippen LogP contribution in [0.1, 0.15) is 5.56 Å². The molecule has 2 nitrogen and oxygen atoms in total. The van der Waals surface area contributed by atoms with E-state index in [1.807, 2.05) is 41.7 Å². The zero-order chi connectivity index (χ0) is 16.1. The summed E-state index contributed by atoms with van der Waals surface area (Å²) in [5.74, 6) is 0. The highest BCUT2D eigenvalue weighted by Crippen LogP contribution is 2.35. The highest BCUT2D eigenvalue weighted by molar-refractivity contribution is 7.26. The van der Waals surface area contributed by atoms with Gasteiger partial charge in [0.15, 0.2) is 0 Å². The van der Waals surface area contributed by atoms with Gasteiger partial charge < -0.3 is 5.32 Å². The number of thiophene rings is 1. The summed E-state index contributed by atoms with van der Waals surface area (Å²) >= 11 is 1.89. The van der Waals surface area contributed by atoms with Crippen molar-refractivity contribution < 1.29 is 4.79 Å². The van der Waals surface area contributed by atoms with E-state index in [-0.39, 0.29) is 0 Å². The molecule has 0 aliphatic carbocycles.